The summed E-state index contributed by atoms with van der Waals surface area (Å²) in [5.41, 5.74) is 1.70. The highest BCUT2D eigenvalue weighted by Crippen LogP contribution is 2.27. The second kappa shape index (κ2) is 10.5. The van der Waals surface area contributed by atoms with Gasteiger partial charge in [-0.05, 0) is 43.5 Å². The van der Waals surface area contributed by atoms with Crippen LogP contribution in [0.25, 0.3) is 0 Å². The molecule has 0 unspecified atom stereocenters. The Morgan fingerprint density at radius 1 is 0.893 bits per heavy atom. The van der Waals surface area contributed by atoms with Crippen LogP contribution in [0.15, 0.2) is 60.7 Å². The first-order valence-corrected chi connectivity index (χ1v) is 10.2. The third-order valence-corrected chi connectivity index (χ3v) is 5.16. The Morgan fingerprint density at radius 2 is 1.54 bits per heavy atom. The molecule has 28 heavy (non-hydrogen) atoms. The number of anilines is 2. The van der Waals surface area contributed by atoms with Crippen molar-refractivity contribution in [3.05, 3.63) is 60.7 Å². The summed E-state index contributed by atoms with van der Waals surface area (Å²) < 4.78 is 0. The molecule has 1 aliphatic carbocycles. The average Bonchev–Trinajstić information content (AvgIpc) is 2.75. The molecule has 0 atom stereocenters. The largest absolute Gasteiger partial charge is 0.338 e. The number of carbonyl (C=O) groups excluding carboxylic acids is 2. The van der Waals surface area contributed by atoms with Crippen molar-refractivity contribution in [2.45, 2.75) is 38.5 Å². The summed E-state index contributed by atoms with van der Waals surface area (Å²) in [5.74, 6) is 0.350. The van der Waals surface area contributed by atoms with E-state index in [-0.39, 0.29) is 17.9 Å². The van der Waals surface area contributed by atoms with Crippen LogP contribution in [0, 0.1) is 5.92 Å². The molecule has 2 N–H and O–H groups in total. The van der Waals surface area contributed by atoms with Crippen LogP contribution in [-0.4, -0.2) is 25.0 Å². The Morgan fingerprint density at radius 3 is 2.21 bits per heavy atom. The van der Waals surface area contributed by atoms with Crippen molar-refractivity contribution in [1.82, 2.24) is 5.32 Å². The first-order valence-electron chi connectivity index (χ1n) is 10.2. The fourth-order valence-electron chi connectivity index (χ4n) is 3.68. The van der Waals surface area contributed by atoms with E-state index in [1.165, 1.54) is 6.42 Å². The Hall–Kier alpha value is -2.82. The van der Waals surface area contributed by atoms with Crippen molar-refractivity contribution in [2.75, 3.05) is 23.3 Å². The van der Waals surface area contributed by atoms with E-state index in [0.717, 1.165) is 37.1 Å². The molecule has 1 fully saturated rings. The van der Waals surface area contributed by atoms with Gasteiger partial charge in [0.2, 0.25) is 5.91 Å². The number of benzene rings is 2. The topological polar surface area (TPSA) is 61.4 Å². The van der Waals surface area contributed by atoms with Gasteiger partial charge in [0.1, 0.15) is 0 Å². The molecule has 2 aromatic rings. The molecule has 148 valence electrons. The van der Waals surface area contributed by atoms with Crippen LogP contribution in [-0.2, 0) is 4.79 Å². The Bertz CT molecular complexity index is 743. The molecule has 5 heteroatoms. The maximum Gasteiger partial charge on any atom is 0.319 e. The number of nitrogens with zero attached hydrogens (tertiary/aromatic N) is 1. The van der Waals surface area contributed by atoms with Crippen LogP contribution in [0.2, 0.25) is 0 Å². The van der Waals surface area contributed by atoms with Gasteiger partial charge in [-0.2, -0.15) is 0 Å². The standard InChI is InChI=1S/C23H29N3O2/c27-22(19-11-4-1-5-12-19)26(21-15-8-3-9-16-21)18-10-17-24-23(28)25-20-13-6-2-7-14-20/h2-3,6-9,13-16,19H,1,4-5,10-12,17-18H2,(H2,24,25,28). The monoisotopic (exact) mass is 379 g/mol. The molecule has 2 aromatic carbocycles. The number of nitrogens with one attached hydrogen (secondary N) is 2. The summed E-state index contributed by atoms with van der Waals surface area (Å²) in [5, 5.41) is 5.67. The highest BCUT2D eigenvalue weighted by atomic mass is 16.2. The third kappa shape index (κ3) is 5.84. The highest BCUT2D eigenvalue weighted by Gasteiger charge is 2.26. The van der Waals surface area contributed by atoms with Crippen molar-refractivity contribution in [3.63, 3.8) is 0 Å². The number of carbonyl (C=O) groups is 2. The summed E-state index contributed by atoms with van der Waals surface area (Å²) >= 11 is 0. The zero-order valence-electron chi connectivity index (χ0n) is 16.3. The van der Waals surface area contributed by atoms with E-state index in [9.17, 15) is 9.59 Å². The second-order valence-corrected chi connectivity index (χ2v) is 7.26. The highest BCUT2D eigenvalue weighted by molar-refractivity contribution is 5.95. The van der Waals surface area contributed by atoms with Crippen LogP contribution in [0.3, 0.4) is 0 Å². The smallest absolute Gasteiger partial charge is 0.319 e. The lowest BCUT2D eigenvalue weighted by molar-refractivity contribution is -0.123. The van der Waals surface area contributed by atoms with Crippen molar-refractivity contribution in [3.8, 4) is 0 Å². The zero-order chi connectivity index (χ0) is 19.6. The molecule has 0 saturated heterocycles. The van der Waals surface area contributed by atoms with E-state index in [1.54, 1.807) is 0 Å². The van der Waals surface area contributed by atoms with Gasteiger partial charge in [-0.3, -0.25) is 4.79 Å². The predicted molar refractivity (Wildman–Crippen MR) is 113 cm³/mol. The normalized spacial score (nSPS) is 14.3. The van der Waals surface area contributed by atoms with Gasteiger partial charge in [-0.15, -0.1) is 0 Å². The van der Waals surface area contributed by atoms with Gasteiger partial charge in [0.15, 0.2) is 0 Å². The summed E-state index contributed by atoms with van der Waals surface area (Å²) in [6, 6.07) is 19.0. The fourth-order valence-corrected chi connectivity index (χ4v) is 3.68. The first-order chi connectivity index (χ1) is 13.7. The summed E-state index contributed by atoms with van der Waals surface area (Å²) in [4.78, 5) is 27.0. The zero-order valence-corrected chi connectivity index (χ0v) is 16.3. The van der Waals surface area contributed by atoms with Gasteiger partial charge in [-0.25, -0.2) is 4.79 Å². The number of amides is 3. The number of para-hydroxylation sites is 2. The van der Waals surface area contributed by atoms with Gasteiger partial charge in [0.25, 0.3) is 0 Å². The number of hydrogen-bond donors (Lipinski definition) is 2. The van der Waals surface area contributed by atoms with E-state index in [0.29, 0.717) is 19.5 Å². The SMILES string of the molecule is O=C(NCCCN(C(=O)C1CCCCC1)c1ccccc1)Nc1ccccc1. The van der Waals surface area contributed by atoms with E-state index in [4.69, 9.17) is 0 Å². The Labute approximate surface area is 167 Å². The predicted octanol–water partition coefficient (Wildman–Crippen LogP) is 4.81. The van der Waals surface area contributed by atoms with Crippen LogP contribution in [0.1, 0.15) is 38.5 Å². The van der Waals surface area contributed by atoms with E-state index in [2.05, 4.69) is 10.6 Å². The number of rotatable bonds is 7. The molecule has 1 saturated carbocycles. The summed E-state index contributed by atoms with van der Waals surface area (Å²) in [6.07, 6.45) is 6.19. The molecule has 0 radical (unpaired) electrons. The lowest BCUT2D eigenvalue weighted by atomic mass is 9.88. The number of urea groups is 1. The van der Waals surface area contributed by atoms with Gasteiger partial charge in [0.05, 0.1) is 0 Å². The third-order valence-electron chi connectivity index (χ3n) is 5.16. The van der Waals surface area contributed by atoms with Gasteiger partial charge in [-0.1, -0.05) is 55.7 Å². The summed E-state index contributed by atoms with van der Waals surface area (Å²) in [6.45, 7) is 1.12. The molecular formula is C23H29N3O2. The van der Waals surface area contributed by atoms with Crippen molar-refractivity contribution in [2.24, 2.45) is 5.92 Å². The minimum absolute atomic E-state index is 0.128. The van der Waals surface area contributed by atoms with E-state index >= 15 is 0 Å². The lowest BCUT2D eigenvalue weighted by Gasteiger charge is -2.29. The van der Waals surface area contributed by atoms with Crippen LogP contribution >= 0.6 is 0 Å². The number of hydrogen-bond acceptors (Lipinski definition) is 2. The van der Waals surface area contributed by atoms with E-state index < -0.39 is 0 Å². The molecule has 1 aliphatic rings. The quantitative estimate of drug-likeness (QED) is 0.678. The fraction of sp³-hybridized carbons (Fsp3) is 0.391. The van der Waals surface area contributed by atoms with Crippen molar-refractivity contribution in [1.29, 1.82) is 0 Å². The molecule has 0 aromatic heterocycles. The van der Waals surface area contributed by atoms with Gasteiger partial charge < -0.3 is 15.5 Å². The van der Waals surface area contributed by atoms with Gasteiger partial charge in [0, 0.05) is 30.4 Å². The van der Waals surface area contributed by atoms with E-state index in [1.807, 2.05) is 65.6 Å². The first kappa shape index (κ1) is 19.9. The molecule has 3 amide bonds. The molecule has 0 heterocycles. The Balaban J connectivity index is 1.51. The maximum absolute atomic E-state index is 13.1. The molecule has 0 spiro atoms. The second-order valence-electron chi connectivity index (χ2n) is 7.26. The molecule has 0 aliphatic heterocycles. The Kier molecular flexibility index (Phi) is 7.47. The van der Waals surface area contributed by atoms with Crippen LogP contribution in [0.5, 0.6) is 0 Å². The molecule has 5 nitrogen and oxygen atoms in total. The van der Waals surface area contributed by atoms with Gasteiger partial charge >= 0.3 is 6.03 Å². The molecular weight excluding hydrogens is 350 g/mol. The maximum atomic E-state index is 13.1. The summed E-state index contributed by atoms with van der Waals surface area (Å²) in [7, 11) is 0. The minimum Gasteiger partial charge on any atom is -0.338 e. The molecule has 3 rings (SSSR count). The molecule has 0 bridgehead atoms. The van der Waals surface area contributed by atoms with Crippen LogP contribution in [0.4, 0.5) is 16.2 Å². The van der Waals surface area contributed by atoms with Crippen LogP contribution < -0.4 is 15.5 Å². The van der Waals surface area contributed by atoms with Crippen molar-refractivity contribution >= 4 is 23.3 Å². The minimum atomic E-state index is -0.226. The van der Waals surface area contributed by atoms with Crippen molar-refractivity contribution < 1.29 is 9.59 Å². The average molecular weight is 380 g/mol. The lowest BCUT2D eigenvalue weighted by Crippen LogP contribution is -2.39.